The van der Waals surface area contributed by atoms with E-state index in [9.17, 15) is 4.79 Å². The van der Waals surface area contributed by atoms with E-state index in [2.05, 4.69) is 49.6 Å². The second-order valence-corrected chi connectivity index (χ2v) is 8.24. The fraction of sp³-hybridized carbons (Fsp3) is 0.261. The van der Waals surface area contributed by atoms with E-state index in [-0.39, 0.29) is 5.91 Å². The van der Waals surface area contributed by atoms with E-state index in [1.54, 1.807) is 0 Å². The number of nitrogens with zero attached hydrogens (tertiary/aromatic N) is 4. The number of para-hydroxylation sites is 1. The molecule has 1 N–H and O–H groups in total. The molecule has 0 radical (unpaired) electrons. The summed E-state index contributed by atoms with van der Waals surface area (Å²) in [6.45, 7) is 5.76. The van der Waals surface area contributed by atoms with Crippen molar-refractivity contribution in [3.05, 3.63) is 72.3 Å². The number of aryl methyl sites for hydroxylation is 1. The highest BCUT2D eigenvalue weighted by Crippen LogP contribution is 2.21. The van der Waals surface area contributed by atoms with E-state index in [4.69, 9.17) is 0 Å². The summed E-state index contributed by atoms with van der Waals surface area (Å²) in [4.78, 5) is 16.8. The van der Waals surface area contributed by atoms with Crippen LogP contribution in [0.3, 0.4) is 0 Å². The summed E-state index contributed by atoms with van der Waals surface area (Å²) in [5, 5.41) is 12.3. The molecular weight excluding hydrogens is 394 g/mol. The van der Waals surface area contributed by atoms with Gasteiger partial charge in [-0.3, -0.25) is 4.79 Å². The summed E-state index contributed by atoms with van der Waals surface area (Å²) in [6, 6.07) is 22.2. The van der Waals surface area contributed by atoms with Crippen molar-refractivity contribution in [3.63, 3.8) is 0 Å². The summed E-state index contributed by atoms with van der Waals surface area (Å²) in [6.07, 6.45) is 0. The van der Waals surface area contributed by atoms with Gasteiger partial charge in [-0.15, -0.1) is 10.2 Å². The molecule has 1 saturated heterocycles. The summed E-state index contributed by atoms with van der Waals surface area (Å²) >= 11 is 1.39. The van der Waals surface area contributed by atoms with Crippen molar-refractivity contribution in [1.82, 2.24) is 10.2 Å². The number of amides is 1. The summed E-state index contributed by atoms with van der Waals surface area (Å²) in [7, 11) is 0. The minimum atomic E-state index is -0.0493. The van der Waals surface area contributed by atoms with Gasteiger partial charge >= 0.3 is 0 Å². The Labute approximate surface area is 181 Å². The van der Waals surface area contributed by atoms with E-state index in [1.807, 2.05) is 49.4 Å². The molecule has 0 bridgehead atoms. The van der Waals surface area contributed by atoms with Crippen molar-refractivity contribution in [2.45, 2.75) is 11.9 Å². The number of hydrogen-bond donors (Lipinski definition) is 1. The normalized spacial score (nSPS) is 13.9. The van der Waals surface area contributed by atoms with Gasteiger partial charge in [-0.1, -0.05) is 47.7 Å². The van der Waals surface area contributed by atoms with Crippen LogP contribution in [-0.4, -0.2) is 48.0 Å². The molecule has 1 aliphatic rings. The first kappa shape index (κ1) is 20.2. The van der Waals surface area contributed by atoms with Crippen molar-refractivity contribution < 1.29 is 4.79 Å². The van der Waals surface area contributed by atoms with Crippen LogP contribution >= 0.6 is 11.8 Å². The number of aromatic nitrogens is 2. The van der Waals surface area contributed by atoms with Crippen LogP contribution in [0.2, 0.25) is 0 Å². The molecule has 4 rings (SSSR count). The van der Waals surface area contributed by atoms with E-state index in [0.29, 0.717) is 5.75 Å². The Morgan fingerprint density at radius 3 is 2.27 bits per heavy atom. The van der Waals surface area contributed by atoms with Crippen LogP contribution in [-0.2, 0) is 4.79 Å². The molecule has 0 spiro atoms. The first-order chi connectivity index (χ1) is 14.7. The Balaban J connectivity index is 1.25. The largest absolute Gasteiger partial charge is 0.368 e. The summed E-state index contributed by atoms with van der Waals surface area (Å²) in [5.74, 6) is 1.14. The van der Waals surface area contributed by atoms with Gasteiger partial charge in [0.15, 0.2) is 5.82 Å². The highest BCUT2D eigenvalue weighted by Gasteiger charge is 2.18. The standard InChI is InChI=1S/C23H25N5OS/c1-18-7-9-19(10-8-18)24-22(29)17-30-23-12-11-21(25-26-23)28-15-13-27(14-16-28)20-5-3-2-4-6-20/h2-12H,13-17H2,1H3,(H,24,29). The second kappa shape index (κ2) is 9.63. The fourth-order valence-corrected chi connectivity index (χ4v) is 3.98. The lowest BCUT2D eigenvalue weighted by atomic mass is 10.2. The highest BCUT2D eigenvalue weighted by atomic mass is 32.2. The molecule has 3 aromatic rings. The molecule has 1 amide bonds. The molecule has 6 nitrogen and oxygen atoms in total. The van der Waals surface area contributed by atoms with Gasteiger partial charge in [0.25, 0.3) is 0 Å². The Morgan fingerprint density at radius 1 is 0.900 bits per heavy atom. The van der Waals surface area contributed by atoms with Gasteiger partial charge in [-0.05, 0) is 43.3 Å². The average molecular weight is 420 g/mol. The topological polar surface area (TPSA) is 61.4 Å². The van der Waals surface area contributed by atoms with Crippen molar-refractivity contribution >= 4 is 34.9 Å². The molecule has 2 heterocycles. The van der Waals surface area contributed by atoms with Gasteiger partial charge in [-0.25, -0.2) is 0 Å². The molecule has 0 aliphatic carbocycles. The zero-order valence-corrected chi connectivity index (χ0v) is 17.8. The SMILES string of the molecule is Cc1ccc(NC(=O)CSc2ccc(N3CCN(c4ccccc4)CC3)nn2)cc1. The molecule has 154 valence electrons. The maximum atomic E-state index is 12.1. The number of benzene rings is 2. The van der Waals surface area contributed by atoms with E-state index in [1.165, 1.54) is 23.0 Å². The molecule has 7 heteroatoms. The van der Waals surface area contributed by atoms with Gasteiger partial charge in [0.05, 0.1) is 5.75 Å². The van der Waals surface area contributed by atoms with Crippen molar-refractivity contribution in [2.24, 2.45) is 0 Å². The number of hydrogen-bond acceptors (Lipinski definition) is 6. The van der Waals surface area contributed by atoms with Crippen LogP contribution in [0.1, 0.15) is 5.56 Å². The van der Waals surface area contributed by atoms with Crippen LogP contribution in [0.25, 0.3) is 0 Å². The number of nitrogens with one attached hydrogen (secondary N) is 1. The average Bonchev–Trinajstić information content (AvgIpc) is 2.80. The van der Waals surface area contributed by atoms with Crippen LogP contribution in [0.15, 0.2) is 71.8 Å². The van der Waals surface area contributed by atoms with Gasteiger partial charge in [0.1, 0.15) is 5.03 Å². The minimum absolute atomic E-state index is 0.0493. The van der Waals surface area contributed by atoms with Crippen molar-refractivity contribution in [2.75, 3.05) is 47.0 Å². The monoisotopic (exact) mass is 419 g/mol. The van der Waals surface area contributed by atoms with Gasteiger partial charge in [0.2, 0.25) is 5.91 Å². The molecule has 1 fully saturated rings. The molecule has 0 atom stereocenters. The smallest absolute Gasteiger partial charge is 0.234 e. The zero-order chi connectivity index (χ0) is 20.8. The lowest BCUT2D eigenvalue weighted by molar-refractivity contribution is -0.113. The van der Waals surface area contributed by atoms with E-state index >= 15 is 0 Å². The summed E-state index contributed by atoms with van der Waals surface area (Å²) < 4.78 is 0. The quantitative estimate of drug-likeness (QED) is 0.613. The molecular formula is C23H25N5OS. The Kier molecular flexibility index (Phi) is 6.49. The van der Waals surface area contributed by atoms with Crippen molar-refractivity contribution in [3.8, 4) is 0 Å². The number of thioether (sulfide) groups is 1. The predicted molar refractivity (Wildman–Crippen MR) is 123 cm³/mol. The van der Waals surface area contributed by atoms with Crippen molar-refractivity contribution in [1.29, 1.82) is 0 Å². The van der Waals surface area contributed by atoms with E-state index in [0.717, 1.165) is 42.7 Å². The molecule has 0 unspecified atom stereocenters. The van der Waals surface area contributed by atoms with Crippen LogP contribution in [0.5, 0.6) is 0 Å². The fourth-order valence-electron chi connectivity index (χ4n) is 3.36. The van der Waals surface area contributed by atoms with Gasteiger partial charge in [0, 0.05) is 37.6 Å². The van der Waals surface area contributed by atoms with Gasteiger partial charge < -0.3 is 15.1 Å². The first-order valence-electron chi connectivity index (χ1n) is 10.1. The molecule has 1 aromatic heterocycles. The number of carbonyl (C=O) groups is 1. The number of rotatable bonds is 6. The number of anilines is 3. The Morgan fingerprint density at radius 2 is 1.60 bits per heavy atom. The highest BCUT2D eigenvalue weighted by molar-refractivity contribution is 7.99. The maximum absolute atomic E-state index is 12.1. The third kappa shape index (κ3) is 5.30. The summed E-state index contributed by atoms with van der Waals surface area (Å²) in [5.41, 5.74) is 3.24. The van der Waals surface area contributed by atoms with E-state index < -0.39 is 0 Å². The zero-order valence-electron chi connectivity index (χ0n) is 17.0. The third-order valence-electron chi connectivity index (χ3n) is 5.04. The third-order valence-corrected chi connectivity index (χ3v) is 5.96. The minimum Gasteiger partial charge on any atom is -0.368 e. The molecule has 1 aliphatic heterocycles. The maximum Gasteiger partial charge on any atom is 0.234 e. The number of carbonyl (C=O) groups excluding carboxylic acids is 1. The molecule has 0 saturated carbocycles. The Bertz CT molecular complexity index is 955. The van der Waals surface area contributed by atoms with Gasteiger partial charge in [-0.2, -0.15) is 0 Å². The lowest BCUT2D eigenvalue weighted by Crippen LogP contribution is -2.46. The van der Waals surface area contributed by atoms with Crippen LogP contribution in [0.4, 0.5) is 17.2 Å². The lowest BCUT2D eigenvalue weighted by Gasteiger charge is -2.36. The second-order valence-electron chi connectivity index (χ2n) is 7.24. The number of piperazine rings is 1. The predicted octanol–water partition coefficient (Wildman–Crippen LogP) is 3.84. The Hall–Kier alpha value is -3.06. The molecule has 2 aromatic carbocycles. The van der Waals surface area contributed by atoms with Crippen LogP contribution in [0, 0.1) is 6.92 Å². The molecule has 30 heavy (non-hydrogen) atoms. The van der Waals surface area contributed by atoms with Crippen LogP contribution < -0.4 is 15.1 Å². The first-order valence-corrected chi connectivity index (χ1v) is 11.0.